The van der Waals surface area contributed by atoms with Crippen LogP contribution < -0.4 is 4.57 Å². The average molecular weight is 213 g/mol. The average Bonchev–Trinajstić information content (AvgIpc) is 2.82. The number of benzene rings is 1. The van der Waals surface area contributed by atoms with Crippen molar-refractivity contribution in [3.05, 3.63) is 53.5 Å². The molecule has 0 aliphatic rings. The van der Waals surface area contributed by atoms with Crippen molar-refractivity contribution in [1.82, 2.24) is 4.98 Å². The first-order valence-electron chi connectivity index (χ1n) is 4.73. The third kappa shape index (κ3) is 1.41. The number of nitrogens with zero attached hydrogens (tertiary/aromatic N) is 2. The summed E-state index contributed by atoms with van der Waals surface area (Å²) < 4.78 is 2.10. The van der Waals surface area contributed by atoms with Gasteiger partial charge in [0.05, 0.1) is 11.6 Å². The SMILES string of the molecule is c1ccc2c(c1)ccc[n+]2-c1cscn1. The molecule has 0 spiro atoms. The van der Waals surface area contributed by atoms with Crippen LogP contribution in [0.1, 0.15) is 0 Å². The second-order valence-electron chi connectivity index (χ2n) is 3.28. The molecule has 0 amide bonds. The largest absolute Gasteiger partial charge is 0.339 e. The first kappa shape index (κ1) is 8.56. The molecule has 2 aromatic heterocycles. The Morgan fingerprint density at radius 3 is 2.80 bits per heavy atom. The highest BCUT2D eigenvalue weighted by Gasteiger charge is 2.10. The second kappa shape index (κ2) is 3.44. The third-order valence-corrected chi connectivity index (χ3v) is 2.95. The van der Waals surface area contributed by atoms with Crippen LogP contribution in [0.4, 0.5) is 0 Å². The van der Waals surface area contributed by atoms with Gasteiger partial charge in [-0.1, -0.05) is 29.5 Å². The molecule has 1 aromatic carbocycles. The van der Waals surface area contributed by atoms with Gasteiger partial charge in [-0.3, -0.25) is 0 Å². The van der Waals surface area contributed by atoms with Crippen molar-refractivity contribution in [3.63, 3.8) is 0 Å². The van der Waals surface area contributed by atoms with Crippen LogP contribution in [0.5, 0.6) is 0 Å². The summed E-state index contributed by atoms with van der Waals surface area (Å²) in [7, 11) is 0. The maximum atomic E-state index is 4.32. The van der Waals surface area contributed by atoms with Crippen LogP contribution in [0, 0.1) is 0 Å². The molecule has 0 aliphatic heterocycles. The topological polar surface area (TPSA) is 16.8 Å². The quantitative estimate of drug-likeness (QED) is 0.568. The van der Waals surface area contributed by atoms with Gasteiger partial charge in [-0.25, -0.2) is 0 Å². The number of fused-ring (bicyclic) bond motifs is 1. The van der Waals surface area contributed by atoms with E-state index in [9.17, 15) is 0 Å². The molecule has 0 atom stereocenters. The Morgan fingerprint density at radius 1 is 1.07 bits per heavy atom. The number of rotatable bonds is 1. The molecule has 0 aliphatic carbocycles. The Bertz CT molecular complexity index is 582. The van der Waals surface area contributed by atoms with E-state index in [1.54, 1.807) is 11.3 Å². The van der Waals surface area contributed by atoms with Crippen LogP contribution in [-0.4, -0.2) is 4.98 Å². The van der Waals surface area contributed by atoms with Gasteiger partial charge in [0.15, 0.2) is 5.51 Å². The van der Waals surface area contributed by atoms with Crippen molar-refractivity contribution in [2.24, 2.45) is 0 Å². The van der Waals surface area contributed by atoms with E-state index in [2.05, 4.69) is 27.8 Å². The van der Waals surface area contributed by atoms with Gasteiger partial charge in [-0.15, -0.1) is 0 Å². The summed E-state index contributed by atoms with van der Waals surface area (Å²) in [4.78, 5) is 4.32. The maximum absolute atomic E-state index is 4.32. The van der Waals surface area contributed by atoms with Gasteiger partial charge in [-0.05, 0) is 23.2 Å². The lowest BCUT2D eigenvalue weighted by molar-refractivity contribution is -0.570. The number of thiazole rings is 1. The fourth-order valence-corrected chi connectivity index (χ4v) is 2.21. The monoisotopic (exact) mass is 213 g/mol. The number of hydrogen-bond donors (Lipinski definition) is 0. The molecule has 0 unspecified atom stereocenters. The Labute approximate surface area is 91.5 Å². The molecule has 0 saturated carbocycles. The Balaban J connectivity index is 2.36. The van der Waals surface area contributed by atoms with Crippen molar-refractivity contribution in [3.8, 4) is 5.82 Å². The Morgan fingerprint density at radius 2 is 1.93 bits per heavy atom. The van der Waals surface area contributed by atoms with Crippen molar-refractivity contribution in [1.29, 1.82) is 0 Å². The maximum Gasteiger partial charge on any atom is 0.339 e. The zero-order valence-electron chi connectivity index (χ0n) is 8.00. The fraction of sp³-hybridized carbons (Fsp3) is 0. The van der Waals surface area contributed by atoms with E-state index in [4.69, 9.17) is 0 Å². The lowest BCUT2D eigenvalue weighted by Crippen LogP contribution is -2.31. The fourth-order valence-electron chi connectivity index (χ4n) is 1.69. The van der Waals surface area contributed by atoms with Gasteiger partial charge in [0.25, 0.3) is 0 Å². The minimum absolute atomic E-state index is 0.983. The minimum atomic E-state index is 0.983. The summed E-state index contributed by atoms with van der Waals surface area (Å²) in [5, 5.41) is 3.28. The molecule has 0 N–H and O–H groups in total. The number of pyridine rings is 1. The zero-order chi connectivity index (χ0) is 10.1. The normalized spacial score (nSPS) is 10.7. The minimum Gasteiger partial charge on any atom is -0.195 e. The summed E-state index contributed by atoms with van der Waals surface area (Å²) in [6.45, 7) is 0. The van der Waals surface area contributed by atoms with E-state index in [1.165, 1.54) is 10.9 Å². The van der Waals surface area contributed by atoms with Crippen molar-refractivity contribution in [2.45, 2.75) is 0 Å². The molecule has 0 radical (unpaired) electrons. The molecule has 2 nitrogen and oxygen atoms in total. The lowest BCUT2D eigenvalue weighted by Gasteiger charge is -1.99. The smallest absolute Gasteiger partial charge is 0.195 e. The van der Waals surface area contributed by atoms with Crippen LogP contribution in [-0.2, 0) is 0 Å². The van der Waals surface area contributed by atoms with Crippen LogP contribution in [0.3, 0.4) is 0 Å². The van der Waals surface area contributed by atoms with Crippen molar-refractivity contribution in [2.75, 3.05) is 0 Å². The molecule has 3 heteroatoms. The van der Waals surface area contributed by atoms with Gasteiger partial charge < -0.3 is 0 Å². The van der Waals surface area contributed by atoms with E-state index >= 15 is 0 Å². The van der Waals surface area contributed by atoms with Crippen LogP contribution in [0.2, 0.25) is 0 Å². The number of aromatic nitrogens is 2. The summed E-state index contributed by atoms with van der Waals surface area (Å²) in [6.07, 6.45) is 2.04. The van der Waals surface area contributed by atoms with E-state index in [0.29, 0.717) is 0 Å². The van der Waals surface area contributed by atoms with Crippen LogP contribution >= 0.6 is 11.3 Å². The van der Waals surface area contributed by atoms with Gasteiger partial charge in [0.2, 0.25) is 0 Å². The highest BCUT2D eigenvalue weighted by Crippen LogP contribution is 2.10. The van der Waals surface area contributed by atoms with Crippen LogP contribution in [0.25, 0.3) is 16.7 Å². The molecule has 3 rings (SSSR count). The number of para-hydroxylation sites is 1. The molecule has 0 fully saturated rings. The predicted octanol–water partition coefficient (Wildman–Crippen LogP) is 2.57. The van der Waals surface area contributed by atoms with Crippen molar-refractivity contribution >= 4 is 22.2 Å². The molecule has 15 heavy (non-hydrogen) atoms. The Kier molecular flexibility index (Phi) is 1.96. The number of hydrogen-bond acceptors (Lipinski definition) is 2. The predicted molar refractivity (Wildman–Crippen MR) is 61.2 cm³/mol. The highest BCUT2D eigenvalue weighted by molar-refractivity contribution is 7.07. The van der Waals surface area contributed by atoms with Crippen LogP contribution in [0.15, 0.2) is 53.5 Å². The second-order valence-corrected chi connectivity index (χ2v) is 4.00. The molecule has 2 heterocycles. The zero-order valence-corrected chi connectivity index (χ0v) is 8.82. The summed E-state index contributed by atoms with van der Waals surface area (Å²) in [5.41, 5.74) is 3.04. The molecule has 0 saturated heterocycles. The first-order chi connectivity index (χ1) is 7.45. The molecular weight excluding hydrogens is 204 g/mol. The van der Waals surface area contributed by atoms with E-state index < -0.39 is 0 Å². The molecule has 0 bridgehead atoms. The van der Waals surface area contributed by atoms with Gasteiger partial charge in [-0.2, -0.15) is 4.57 Å². The summed E-state index contributed by atoms with van der Waals surface area (Å²) in [5.74, 6) is 0.983. The van der Waals surface area contributed by atoms with E-state index in [-0.39, 0.29) is 0 Å². The lowest BCUT2D eigenvalue weighted by atomic mass is 10.2. The Hall–Kier alpha value is -1.74. The van der Waals surface area contributed by atoms with Gasteiger partial charge in [0.1, 0.15) is 5.52 Å². The van der Waals surface area contributed by atoms with E-state index in [0.717, 1.165) is 5.82 Å². The molecular formula is C12H9N2S+. The summed E-state index contributed by atoms with van der Waals surface area (Å²) in [6, 6.07) is 12.5. The van der Waals surface area contributed by atoms with E-state index in [1.807, 2.05) is 35.3 Å². The van der Waals surface area contributed by atoms with Gasteiger partial charge >= 0.3 is 5.82 Å². The van der Waals surface area contributed by atoms with Gasteiger partial charge in [0, 0.05) is 5.39 Å². The molecule has 72 valence electrons. The highest BCUT2D eigenvalue weighted by atomic mass is 32.1. The standard InChI is InChI=1S/C12H9N2S/c1-2-6-11-10(4-1)5-3-7-14(11)12-8-15-9-13-12/h1-9H/q+1. The third-order valence-electron chi connectivity index (χ3n) is 2.37. The molecule has 3 aromatic rings. The van der Waals surface area contributed by atoms with Crippen molar-refractivity contribution < 1.29 is 4.57 Å². The first-order valence-corrected chi connectivity index (χ1v) is 5.67. The summed E-state index contributed by atoms with van der Waals surface area (Å²) >= 11 is 1.61.